The summed E-state index contributed by atoms with van der Waals surface area (Å²) < 4.78 is 27.6. The highest BCUT2D eigenvalue weighted by Gasteiger charge is 2.24. The van der Waals surface area contributed by atoms with E-state index in [-0.39, 0.29) is 15.8 Å². The molecule has 1 fully saturated rings. The number of carbonyl (C=O) groups excluding carboxylic acids is 1. The predicted octanol–water partition coefficient (Wildman–Crippen LogP) is 4.23. The third-order valence-corrected chi connectivity index (χ3v) is 6.13. The molecule has 0 spiro atoms. The van der Waals surface area contributed by atoms with E-state index in [2.05, 4.69) is 4.72 Å². The number of halogens is 2. The first-order chi connectivity index (χ1) is 11.8. The molecular formula is C17H16Cl2N2O3S. The molecule has 0 aliphatic carbocycles. The van der Waals surface area contributed by atoms with Crippen molar-refractivity contribution >= 4 is 50.5 Å². The van der Waals surface area contributed by atoms with Crippen molar-refractivity contribution in [1.29, 1.82) is 0 Å². The van der Waals surface area contributed by atoms with E-state index in [1.807, 2.05) is 0 Å². The minimum absolute atomic E-state index is 0.0626. The fourth-order valence-electron chi connectivity index (χ4n) is 2.77. The van der Waals surface area contributed by atoms with Gasteiger partial charge in [0.2, 0.25) is 5.91 Å². The van der Waals surface area contributed by atoms with Gasteiger partial charge < -0.3 is 4.90 Å². The highest BCUT2D eigenvalue weighted by Crippen LogP contribution is 2.29. The van der Waals surface area contributed by atoms with Gasteiger partial charge in [0.05, 0.1) is 20.6 Å². The Kier molecular flexibility index (Phi) is 4.95. The lowest BCUT2D eigenvalue weighted by Gasteiger charge is -2.19. The highest BCUT2D eigenvalue weighted by atomic mass is 35.5. The van der Waals surface area contributed by atoms with Crippen LogP contribution in [0.3, 0.4) is 0 Å². The van der Waals surface area contributed by atoms with Crippen LogP contribution in [0.1, 0.15) is 18.4 Å². The third-order valence-electron chi connectivity index (χ3n) is 4.01. The van der Waals surface area contributed by atoms with Gasteiger partial charge in [0.15, 0.2) is 0 Å². The van der Waals surface area contributed by atoms with E-state index in [0.717, 1.165) is 17.7 Å². The Morgan fingerprint density at radius 3 is 2.44 bits per heavy atom. The van der Waals surface area contributed by atoms with Crippen LogP contribution >= 0.6 is 23.2 Å². The molecule has 0 unspecified atom stereocenters. The van der Waals surface area contributed by atoms with Crippen molar-refractivity contribution in [3.8, 4) is 0 Å². The number of sulfonamides is 1. The number of nitrogens with zero attached hydrogens (tertiary/aromatic N) is 1. The van der Waals surface area contributed by atoms with Gasteiger partial charge in [0.1, 0.15) is 0 Å². The summed E-state index contributed by atoms with van der Waals surface area (Å²) in [7, 11) is -3.77. The van der Waals surface area contributed by atoms with Crippen LogP contribution in [0.4, 0.5) is 11.4 Å². The van der Waals surface area contributed by atoms with Crippen molar-refractivity contribution in [2.24, 2.45) is 0 Å². The second kappa shape index (κ2) is 6.86. The number of hydrogen-bond donors (Lipinski definition) is 1. The molecule has 1 saturated heterocycles. The first-order valence-electron chi connectivity index (χ1n) is 7.67. The molecule has 2 aromatic rings. The van der Waals surface area contributed by atoms with Crippen molar-refractivity contribution in [2.75, 3.05) is 16.2 Å². The average molecular weight is 399 g/mol. The van der Waals surface area contributed by atoms with Crippen molar-refractivity contribution in [3.05, 3.63) is 52.0 Å². The van der Waals surface area contributed by atoms with Gasteiger partial charge in [-0.25, -0.2) is 8.42 Å². The zero-order valence-corrected chi connectivity index (χ0v) is 15.7. The molecule has 0 radical (unpaired) electrons. The van der Waals surface area contributed by atoms with E-state index in [4.69, 9.17) is 23.2 Å². The monoisotopic (exact) mass is 398 g/mol. The molecule has 1 amide bonds. The number of hydrogen-bond acceptors (Lipinski definition) is 3. The van der Waals surface area contributed by atoms with Crippen LogP contribution in [0, 0.1) is 6.92 Å². The summed E-state index contributed by atoms with van der Waals surface area (Å²) in [6.45, 7) is 2.45. The number of rotatable bonds is 4. The number of nitrogens with one attached hydrogen (secondary N) is 1. The van der Waals surface area contributed by atoms with Gasteiger partial charge in [0, 0.05) is 18.7 Å². The SMILES string of the molecule is Cc1cc(S(=O)(=O)Nc2ccc(Cl)c(Cl)c2)ccc1N1CCCC1=O. The quantitative estimate of drug-likeness (QED) is 0.837. The summed E-state index contributed by atoms with van der Waals surface area (Å²) in [5, 5.41) is 0.612. The molecule has 1 aliphatic rings. The maximum absolute atomic E-state index is 12.6. The molecule has 1 N–H and O–H groups in total. The van der Waals surface area contributed by atoms with Crippen molar-refractivity contribution < 1.29 is 13.2 Å². The van der Waals surface area contributed by atoms with E-state index in [1.165, 1.54) is 24.3 Å². The predicted molar refractivity (Wildman–Crippen MR) is 100 cm³/mol. The lowest BCUT2D eigenvalue weighted by molar-refractivity contribution is -0.117. The minimum Gasteiger partial charge on any atom is -0.312 e. The first kappa shape index (κ1) is 18.0. The Labute approximate surface area is 156 Å². The summed E-state index contributed by atoms with van der Waals surface area (Å²) in [6, 6.07) is 9.23. The molecule has 0 aromatic heterocycles. The maximum atomic E-state index is 12.6. The van der Waals surface area contributed by atoms with Crippen LogP contribution in [0.2, 0.25) is 10.0 Å². The summed E-state index contributed by atoms with van der Waals surface area (Å²) in [5.74, 6) is 0.0626. The molecule has 0 saturated carbocycles. The molecule has 8 heteroatoms. The Morgan fingerprint density at radius 1 is 1.08 bits per heavy atom. The molecule has 5 nitrogen and oxygen atoms in total. The molecule has 132 valence electrons. The average Bonchev–Trinajstić information content (AvgIpc) is 2.96. The molecule has 3 rings (SSSR count). The topological polar surface area (TPSA) is 66.5 Å². The number of carbonyl (C=O) groups is 1. The molecule has 25 heavy (non-hydrogen) atoms. The zero-order chi connectivity index (χ0) is 18.2. The standard InChI is InChI=1S/C17H16Cl2N2O3S/c1-11-9-13(5-7-16(11)21-8-2-3-17(21)22)25(23,24)20-12-4-6-14(18)15(19)10-12/h4-7,9-10,20H,2-3,8H2,1H3. The normalized spacial score (nSPS) is 14.8. The summed E-state index contributed by atoms with van der Waals surface area (Å²) in [6.07, 6.45) is 1.34. The van der Waals surface area contributed by atoms with Crippen molar-refractivity contribution in [2.45, 2.75) is 24.7 Å². The molecule has 1 aliphatic heterocycles. The van der Waals surface area contributed by atoms with Crippen LogP contribution < -0.4 is 9.62 Å². The van der Waals surface area contributed by atoms with Gasteiger partial charge in [0.25, 0.3) is 10.0 Å². The fraction of sp³-hybridized carbons (Fsp3) is 0.235. The molecular weight excluding hydrogens is 383 g/mol. The Hall–Kier alpha value is -1.76. The molecule has 1 heterocycles. The van der Waals surface area contributed by atoms with Gasteiger partial charge in [-0.05, 0) is 55.3 Å². The zero-order valence-electron chi connectivity index (χ0n) is 13.4. The van der Waals surface area contributed by atoms with Gasteiger partial charge in [-0.3, -0.25) is 9.52 Å². The maximum Gasteiger partial charge on any atom is 0.261 e. The number of anilines is 2. The van der Waals surface area contributed by atoms with Crippen LogP contribution in [-0.2, 0) is 14.8 Å². The highest BCUT2D eigenvalue weighted by molar-refractivity contribution is 7.92. The van der Waals surface area contributed by atoms with Crippen molar-refractivity contribution in [3.63, 3.8) is 0 Å². The van der Waals surface area contributed by atoms with Crippen molar-refractivity contribution in [1.82, 2.24) is 0 Å². The molecule has 0 atom stereocenters. The summed E-state index contributed by atoms with van der Waals surface area (Å²) >= 11 is 11.8. The van der Waals surface area contributed by atoms with E-state index >= 15 is 0 Å². The van der Waals surface area contributed by atoms with Gasteiger partial charge >= 0.3 is 0 Å². The number of benzene rings is 2. The summed E-state index contributed by atoms with van der Waals surface area (Å²) in [4.78, 5) is 13.7. The Bertz CT molecular complexity index is 945. The lowest BCUT2D eigenvalue weighted by Crippen LogP contribution is -2.24. The summed E-state index contributed by atoms with van der Waals surface area (Å²) in [5.41, 5.74) is 1.80. The van der Waals surface area contributed by atoms with Crippen LogP contribution in [-0.4, -0.2) is 20.9 Å². The fourth-order valence-corrected chi connectivity index (χ4v) is 4.21. The van der Waals surface area contributed by atoms with Gasteiger partial charge in [-0.1, -0.05) is 23.2 Å². The number of aryl methyl sites for hydroxylation is 1. The second-order valence-corrected chi connectivity index (χ2v) is 8.33. The largest absolute Gasteiger partial charge is 0.312 e. The number of amides is 1. The van der Waals surface area contributed by atoms with E-state index in [9.17, 15) is 13.2 Å². The Morgan fingerprint density at radius 2 is 1.84 bits per heavy atom. The van der Waals surface area contributed by atoms with Gasteiger partial charge in [-0.15, -0.1) is 0 Å². The lowest BCUT2D eigenvalue weighted by atomic mass is 10.2. The molecule has 0 bridgehead atoms. The van der Waals surface area contributed by atoms with E-state index in [1.54, 1.807) is 24.0 Å². The van der Waals surface area contributed by atoms with E-state index in [0.29, 0.717) is 23.7 Å². The smallest absolute Gasteiger partial charge is 0.261 e. The van der Waals surface area contributed by atoms with Crippen LogP contribution in [0.25, 0.3) is 0 Å². The van der Waals surface area contributed by atoms with Gasteiger partial charge in [-0.2, -0.15) is 0 Å². The van der Waals surface area contributed by atoms with Crippen LogP contribution in [0.15, 0.2) is 41.3 Å². The van der Waals surface area contributed by atoms with Crippen LogP contribution in [0.5, 0.6) is 0 Å². The second-order valence-electron chi connectivity index (χ2n) is 5.83. The van der Waals surface area contributed by atoms with E-state index < -0.39 is 10.0 Å². The third kappa shape index (κ3) is 3.76. The molecule has 2 aromatic carbocycles. The first-order valence-corrected chi connectivity index (χ1v) is 9.91. The minimum atomic E-state index is -3.77. The Balaban J connectivity index is 1.88.